The minimum Gasteiger partial charge on any atom is -0.386 e. The second-order valence-corrected chi connectivity index (χ2v) is 5.75. The quantitative estimate of drug-likeness (QED) is 0.856. The number of benzene rings is 1. The van der Waals surface area contributed by atoms with E-state index in [9.17, 15) is 10.5 Å². The maximum absolute atomic E-state index is 9.85. The molecule has 0 bridgehead atoms. The van der Waals surface area contributed by atoms with Crippen molar-refractivity contribution >= 4 is 17.4 Å². The summed E-state index contributed by atoms with van der Waals surface area (Å²) < 4.78 is 10.8. The normalized spacial score (nSPS) is 34.2. The van der Waals surface area contributed by atoms with Crippen LogP contribution in [0.1, 0.15) is 11.5 Å². The Bertz CT molecular complexity index is 744. The lowest BCUT2D eigenvalue weighted by atomic mass is 9.93. The molecule has 3 rings (SSSR count). The summed E-state index contributed by atoms with van der Waals surface area (Å²) in [5.74, 6) is -2.03. The van der Waals surface area contributed by atoms with Gasteiger partial charge in [0.1, 0.15) is 11.3 Å². The fraction of sp³-hybridized carbons (Fsp3) is 0.400. The zero-order chi connectivity index (χ0) is 16.2. The Morgan fingerprint density at radius 1 is 1.18 bits per heavy atom. The van der Waals surface area contributed by atoms with Gasteiger partial charge >= 0.3 is 0 Å². The predicted octanol–water partition coefficient (Wildman–Crippen LogP) is 1.77. The molecular weight excluding hydrogens is 304 g/mol. The van der Waals surface area contributed by atoms with E-state index in [0.29, 0.717) is 5.02 Å². The summed E-state index contributed by atoms with van der Waals surface area (Å²) in [5.41, 5.74) is 4.18. The summed E-state index contributed by atoms with van der Waals surface area (Å²) >= 11 is 5.91. The molecule has 0 amide bonds. The summed E-state index contributed by atoms with van der Waals surface area (Å²) in [6.45, 7) is 0. The third-order valence-electron chi connectivity index (χ3n) is 4.68. The van der Waals surface area contributed by atoms with Crippen molar-refractivity contribution in [2.75, 3.05) is 14.2 Å². The van der Waals surface area contributed by atoms with Gasteiger partial charge in [0.05, 0.1) is 12.1 Å². The van der Waals surface area contributed by atoms with E-state index in [1.807, 2.05) is 0 Å². The summed E-state index contributed by atoms with van der Waals surface area (Å²) in [6.07, 6.45) is 0. The number of nitrogens with zero attached hydrogens (tertiary/aromatic N) is 3. The SMILES string of the molecule is COC1(OC)N=C(N)[C@@]2(C#N)[C@H](c3ccc(Cl)cc3)[C@@]12C#N. The van der Waals surface area contributed by atoms with Crippen LogP contribution in [0.2, 0.25) is 5.02 Å². The van der Waals surface area contributed by atoms with Crippen molar-refractivity contribution in [3.63, 3.8) is 0 Å². The first-order valence-corrected chi connectivity index (χ1v) is 6.91. The largest absolute Gasteiger partial charge is 0.386 e. The fourth-order valence-corrected chi connectivity index (χ4v) is 3.80. The lowest BCUT2D eigenvalue weighted by Crippen LogP contribution is -2.41. The van der Waals surface area contributed by atoms with Crippen molar-refractivity contribution in [2.45, 2.75) is 11.8 Å². The van der Waals surface area contributed by atoms with Crippen molar-refractivity contribution in [1.29, 1.82) is 10.5 Å². The standard InChI is InChI=1S/C15H13ClN4O2/c1-21-15(22-2)14(8-18)11(9-3-5-10(16)6-4-9)13(14,7-17)12(19)20-15/h3-6,11H,1-2H3,(H2,19,20)/t11-,13+,14+/m0/s1. The monoisotopic (exact) mass is 316 g/mol. The number of nitriles is 2. The number of amidine groups is 1. The van der Waals surface area contributed by atoms with Gasteiger partial charge < -0.3 is 15.2 Å². The molecule has 2 aliphatic rings. The van der Waals surface area contributed by atoms with Gasteiger partial charge in [0.15, 0.2) is 5.41 Å². The number of methoxy groups -OCH3 is 2. The molecule has 0 aromatic heterocycles. The molecule has 1 aromatic rings. The number of ether oxygens (including phenoxy) is 2. The van der Waals surface area contributed by atoms with Crippen molar-refractivity contribution in [3.8, 4) is 12.1 Å². The molecule has 1 fully saturated rings. The maximum Gasteiger partial charge on any atom is 0.292 e. The molecule has 7 heteroatoms. The lowest BCUT2D eigenvalue weighted by molar-refractivity contribution is -0.230. The maximum atomic E-state index is 9.85. The van der Waals surface area contributed by atoms with Gasteiger partial charge in [0.25, 0.3) is 5.91 Å². The summed E-state index contributed by atoms with van der Waals surface area (Å²) in [6, 6.07) is 11.3. The van der Waals surface area contributed by atoms with Crippen LogP contribution in [0.4, 0.5) is 0 Å². The van der Waals surface area contributed by atoms with Crippen molar-refractivity contribution in [3.05, 3.63) is 34.9 Å². The third kappa shape index (κ3) is 1.29. The molecule has 0 unspecified atom stereocenters. The van der Waals surface area contributed by atoms with Crippen LogP contribution in [0.25, 0.3) is 0 Å². The smallest absolute Gasteiger partial charge is 0.292 e. The Kier molecular flexibility index (Phi) is 2.99. The fourth-order valence-electron chi connectivity index (χ4n) is 3.68. The van der Waals surface area contributed by atoms with Crippen LogP contribution in [0.5, 0.6) is 0 Å². The molecule has 0 radical (unpaired) electrons. The highest BCUT2D eigenvalue weighted by atomic mass is 35.5. The minimum atomic E-state index is -1.59. The molecule has 0 saturated heterocycles. The van der Waals surface area contributed by atoms with Gasteiger partial charge in [-0.1, -0.05) is 23.7 Å². The third-order valence-corrected chi connectivity index (χ3v) is 4.94. The van der Waals surface area contributed by atoms with E-state index >= 15 is 0 Å². The molecule has 1 aliphatic heterocycles. The number of rotatable bonds is 3. The number of fused-ring (bicyclic) bond motifs is 1. The first kappa shape index (κ1) is 14.8. The van der Waals surface area contributed by atoms with E-state index in [4.69, 9.17) is 26.8 Å². The molecule has 6 nitrogen and oxygen atoms in total. The van der Waals surface area contributed by atoms with Gasteiger partial charge in [0.2, 0.25) is 0 Å². The summed E-state index contributed by atoms with van der Waals surface area (Å²) in [4.78, 5) is 4.15. The predicted molar refractivity (Wildman–Crippen MR) is 78.7 cm³/mol. The molecule has 1 aromatic carbocycles. The Morgan fingerprint density at radius 2 is 1.77 bits per heavy atom. The zero-order valence-electron chi connectivity index (χ0n) is 12.0. The average molecular weight is 317 g/mol. The summed E-state index contributed by atoms with van der Waals surface area (Å²) in [7, 11) is 2.76. The molecule has 0 spiro atoms. The van der Waals surface area contributed by atoms with E-state index in [2.05, 4.69) is 17.1 Å². The molecule has 2 N–H and O–H groups in total. The van der Waals surface area contributed by atoms with E-state index in [-0.39, 0.29) is 5.84 Å². The van der Waals surface area contributed by atoms with Gasteiger partial charge in [-0.2, -0.15) is 10.5 Å². The molecule has 1 saturated carbocycles. The average Bonchev–Trinajstić information content (AvgIpc) is 3.11. The second kappa shape index (κ2) is 4.44. The zero-order valence-corrected chi connectivity index (χ0v) is 12.8. The Balaban J connectivity index is 2.23. The van der Waals surface area contributed by atoms with E-state index in [0.717, 1.165) is 5.56 Å². The minimum absolute atomic E-state index is 0.0557. The van der Waals surface area contributed by atoms with Gasteiger partial charge in [0, 0.05) is 25.2 Å². The van der Waals surface area contributed by atoms with Crippen molar-refractivity contribution in [2.24, 2.45) is 21.6 Å². The lowest BCUT2D eigenvalue weighted by Gasteiger charge is -2.29. The number of aliphatic imine (C=N–C) groups is 1. The van der Waals surface area contributed by atoms with Crippen LogP contribution < -0.4 is 5.73 Å². The molecule has 112 valence electrons. The van der Waals surface area contributed by atoms with Gasteiger partial charge in [-0.25, -0.2) is 4.99 Å². The van der Waals surface area contributed by atoms with Crippen LogP contribution in [0.15, 0.2) is 29.3 Å². The van der Waals surface area contributed by atoms with Gasteiger partial charge in [-0.3, -0.25) is 0 Å². The second-order valence-electron chi connectivity index (χ2n) is 5.31. The van der Waals surface area contributed by atoms with Crippen molar-refractivity contribution < 1.29 is 9.47 Å². The first-order valence-electron chi connectivity index (χ1n) is 6.53. The Hall–Kier alpha value is -2.12. The highest BCUT2D eigenvalue weighted by molar-refractivity contribution is 6.30. The Morgan fingerprint density at radius 3 is 2.23 bits per heavy atom. The van der Waals surface area contributed by atoms with Gasteiger partial charge in [-0.05, 0) is 17.7 Å². The van der Waals surface area contributed by atoms with E-state index in [1.54, 1.807) is 24.3 Å². The highest BCUT2D eigenvalue weighted by Crippen LogP contribution is 2.81. The van der Waals surface area contributed by atoms with Crippen LogP contribution in [-0.2, 0) is 9.47 Å². The van der Waals surface area contributed by atoms with Gasteiger partial charge in [-0.15, -0.1) is 0 Å². The number of halogens is 1. The van der Waals surface area contributed by atoms with E-state index in [1.165, 1.54) is 14.2 Å². The topological polar surface area (TPSA) is 104 Å². The van der Waals surface area contributed by atoms with Crippen LogP contribution >= 0.6 is 11.6 Å². The molecular formula is C15H13ClN4O2. The Labute approximate surface area is 132 Å². The molecule has 22 heavy (non-hydrogen) atoms. The number of hydrogen-bond acceptors (Lipinski definition) is 6. The highest BCUT2D eigenvalue weighted by Gasteiger charge is 2.93. The van der Waals surface area contributed by atoms with Crippen molar-refractivity contribution in [1.82, 2.24) is 0 Å². The van der Waals surface area contributed by atoms with Crippen LogP contribution in [0, 0.1) is 33.5 Å². The molecule has 1 aliphatic carbocycles. The summed E-state index contributed by atoms with van der Waals surface area (Å²) in [5, 5.41) is 20.2. The molecule has 3 atom stereocenters. The first-order chi connectivity index (χ1) is 10.5. The molecule has 1 heterocycles. The van der Waals surface area contributed by atoms with Crippen LogP contribution in [0.3, 0.4) is 0 Å². The number of nitrogens with two attached hydrogens (primary N) is 1. The number of hydrogen-bond donors (Lipinski definition) is 1. The van der Waals surface area contributed by atoms with Crippen LogP contribution in [-0.4, -0.2) is 26.0 Å². The van der Waals surface area contributed by atoms with E-state index < -0.39 is 22.7 Å².